The van der Waals surface area contributed by atoms with Crippen LogP contribution in [0.1, 0.15) is 26.3 Å². The summed E-state index contributed by atoms with van der Waals surface area (Å²) < 4.78 is 0. The molecule has 2 amide bonds. The minimum Gasteiger partial charge on any atom is -0.322 e. The number of halogens is 1. The molecule has 5 rings (SSSR count). The van der Waals surface area contributed by atoms with Crippen molar-refractivity contribution in [2.45, 2.75) is 6.92 Å². The van der Waals surface area contributed by atoms with E-state index in [1.165, 1.54) is 0 Å². The number of nitrogens with zero attached hydrogens (tertiary/aromatic N) is 1. The first-order valence-electron chi connectivity index (χ1n) is 11.4. The summed E-state index contributed by atoms with van der Waals surface area (Å²) in [7, 11) is 0. The number of nitrogens with one attached hydrogen (secondary N) is 2. The van der Waals surface area contributed by atoms with Gasteiger partial charge in [0.25, 0.3) is 11.8 Å². The van der Waals surface area contributed by atoms with Crippen molar-refractivity contribution in [1.82, 2.24) is 4.98 Å². The van der Waals surface area contributed by atoms with Crippen LogP contribution < -0.4 is 10.6 Å². The predicted octanol–water partition coefficient (Wildman–Crippen LogP) is 7.37. The number of aryl methyl sites for hydroxylation is 1. The van der Waals surface area contributed by atoms with Gasteiger partial charge in [-0.15, -0.1) is 0 Å². The first-order chi connectivity index (χ1) is 17.5. The molecule has 1 aromatic heterocycles. The summed E-state index contributed by atoms with van der Waals surface area (Å²) in [4.78, 5) is 31.3. The van der Waals surface area contributed by atoms with E-state index in [2.05, 4.69) is 10.6 Å². The van der Waals surface area contributed by atoms with Crippen LogP contribution in [0.25, 0.3) is 22.2 Å². The Labute approximate surface area is 213 Å². The van der Waals surface area contributed by atoms with Gasteiger partial charge < -0.3 is 10.6 Å². The highest BCUT2D eigenvalue weighted by molar-refractivity contribution is 6.30. The Kier molecular flexibility index (Phi) is 6.48. The molecule has 0 aliphatic carbocycles. The fraction of sp³-hybridized carbons (Fsp3) is 0.0333. The number of anilines is 2. The molecule has 0 radical (unpaired) electrons. The Hall–Kier alpha value is -4.48. The summed E-state index contributed by atoms with van der Waals surface area (Å²) in [6.07, 6.45) is 0. The number of hydrogen-bond acceptors (Lipinski definition) is 3. The zero-order valence-electron chi connectivity index (χ0n) is 19.5. The molecule has 1 heterocycles. The zero-order chi connectivity index (χ0) is 25.1. The molecule has 6 heteroatoms. The summed E-state index contributed by atoms with van der Waals surface area (Å²) in [5.74, 6) is -0.665. The highest BCUT2D eigenvalue weighted by atomic mass is 35.5. The normalized spacial score (nSPS) is 10.7. The van der Waals surface area contributed by atoms with E-state index in [0.29, 0.717) is 33.2 Å². The molecule has 0 unspecified atom stereocenters. The predicted molar refractivity (Wildman–Crippen MR) is 146 cm³/mol. The lowest BCUT2D eigenvalue weighted by Crippen LogP contribution is -2.18. The van der Waals surface area contributed by atoms with Crippen molar-refractivity contribution in [3.8, 4) is 11.3 Å². The highest BCUT2D eigenvalue weighted by Crippen LogP contribution is 2.27. The lowest BCUT2D eigenvalue weighted by atomic mass is 10.0. The van der Waals surface area contributed by atoms with Crippen molar-refractivity contribution in [1.29, 1.82) is 0 Å². The second kappa shape index (κ2) is 10.0. The molecule has 5 aromatic rings. The van der Waals surface area contributed by atoms with Crippen LogP contribution in [0.3, 0.4) is 0 Å². The number of carbonyl (C=O) groups excluding carboxylic acids is 2. The smallest absolute Gasteiger partial charge is 0.257 e. The number of fused-ring (bicyclic) bond motifs is 1. The van der Waals surface area contributed by atoms with E-state index < -0.39 is 0 Å². The van der Waals surface area contributed by atoms with Crippen LogP contribution in [0.4, 0.5) is 11.4 Å². The van der Waals surface area contributed by atoms with Gasteiger partial charge in [0.2, 0.25) is 0 Å². The molecule has 0 spiro atoms. The third kappa shape index (κ3) is 4.97. The molecule has 2 N–H and O–H groups in total. The minimum absolute atomic E-state index is 0.325. The van der Waals surface area contributed by atoms with Crippen LogP contribution in [0.15, 0.2) is 103 Å². The largest absolute Gasteiger partial charge is 0.322 e. The van der Waals surface area contributed by atoms with E-state index in [-0.39, 0.29) is 11.8 Å². The topological polar surface area (TPSA) is 71.1 Å². The quantitative estimate of drug-likeness (QED) is 0.269. The Morgan fingerprint density at radius 3 is 2.17 bits per heavy atom. The van der Waals surface area contributed by atoms with Crippen molar-refractivity contribution in [2.24, 2.45) is 0 Å². The number of benzene rings is 4. The highest BCUT2D eigenvalue weighted by Gasteiger charge is 2.18. The minimum atomic E-state index is -0.340. The molecule has 0 saturated heterocycles. The van der Waals surface area contributed by atoms with E-state index >= 15 is 0 Å². The molecule has 4 aromatic carbocycles. The molecule has 36 heavy (non-hydrogen) atoms. The number of rotatable bonds is 5. The third-order valence-corrected chi connectivity index (χ3v) is 6.08. The van der Waals surface area contributed by atoms with Crippen LogP contribution in [0.2, 0.25) is 5.02 Å². The molecular formula is C30H22ClN3O2. The number of hydrogen-bond donors (Lipinski definition) is 2. The first-order valence-corrected chi connectivity index (χ1v) is 11.8. The van der Waals surface area contributed by atoms with E-state index in [9.17, 15) is 9.59 Å². The first kappa shape index (κ1) is 23.3. The molecule has 0 atom stereocenters. The standard InChI is InChI=1S/C30H22ClN3O2/c1-19-10-12-20(13-11-19)28-18-25(23-6-2-4-8-26(23)33-28)30(36)34-27-9-5-3-7-24(27)29(35)32-22-16-14-21(31)15-17-22/h2-18H,1H3,(H,32,35)(H,34,36). The lowest BCUT2D eigenvalue weighted by Gasteiger charge is -2.14. The molecule has 176 valence electrons. The molecule has 0 aliphatic heterocycles. The SMILES string of the molecule is Cc1ccc(-c2cc(C(=O)Nc3ccccc3C(=O)Nc3ccc(Cl)cc3)c3ccccc3n2)cc1. The van der Waals surface area contributed by atoms with Gasteiger partial charge in [0.1, 0.15) is 0 Å². The van der Waals surface area contributed by atoms with Gasteiger partial charge in [-0.05, 0) is 55.5 Å². The van der Waals surface area contributed by atoms with Gasteiger partial charge >= 0.3 is 0 Å². The molecule has 0 aliphatic rings. The summed E-state index contributed by atoms with van der Waals surface area (Å²) in [5, 5.41) is 7.09. The van der Waals surface area contributed by atoms with Crippen LogP contribution >= 0.6 is 11.6 Å². The number of amides is 2. The summed E-state index contributed by atoms with van der Waals surface area (Å²) in [6, 6.07) is 31.1. The summed E-state index contributed by atoms with van der Waals surface area (Å²) in [5.41, 5.74) is 5.32. The van der Waals surface area contributed by atoms with Crippen LogP contribution in [0, 0.1) is 6.92 Å². The number of para-hydroxylation sites is 2. The molecule has 0 fully saturated rings. The van der Waals surface area contributed by atoms with Gasteiger partial charge in [0.05, 0.1) is 28.0 Å². The Bertz CT molecular complexity index is 1580. The van der Waals surface area contributed by atoms with Crippen molar-refractivity contribution >= 4 is 45.7 Å². The monoisotopic (exact) mass is 491 g/mol. The average Bonchev–Trinajstić information content (AvgIpc) is 2.90. The summed E-state index contributed by atoms with van der Waals surface area (Å²) in [6.45, 7) is 2.02. The summed E-state index contributed by atoms with van der Waals surface area (Å²) >= 11 is 5.94. The number of carbonyl (C=O) groups is 2. The van der Waals surface area contributed by atoms with Gasteiger partial charge in [-0.2, -0.15) is 0 Å². The van der Waals surface area contributed by atoms with Gasteiger partial charge in [-0.3, -0.25) is 9.59 Å². The maximum Gasteiger partial charge on any atom is 0.257 e. The molecular weight excluding hydrogens is 470 g/mol. The Morgan fingerprint density at radius 1 is 0.722 bits per heavy atom. The van der Waals surface area contributed by atoms with E-state index in [4.69, 9.17) is 16.6 Å². The van der Waals surface area contributed by atoms with E-state index in [0.717, 1.165) is 22.0 Å². The maximum atomic E-state index is 13.6. The third-order valence-electron chi connectivity index (χ3n) is 5.83. The molecule has 0 bridgehead atoms. The second-order valence-corrected chi connectivity index (χ2v) is 8.84. The van der Waals surface area contributed by atoms with Crippen molar-refractivity contribution in [3.63, 3.8) is 0 Å². The van der Waals surface area contributed by atoms with E-state index in [1.54, 1.807) is 54.6 Å². The van der Waals surface area contributed by atoms with Gasteiger partial charge in [0.15, 0.2) is 0 Å². The fourth-order valence-corrected chi connectivity index (χ4v) is 4.07. The zero-order valence-corrected chi connectivity index (χ0v) is 20.2. The van der Waals surface area contributed by atoms with Crippen LogP contribution in [-0.2, 0) is 0 Å². The average molecular weight is 492 g/mol. The van der Waals surface area contributed by atoms with E-state index in [1.807, 2.05) is 55.5 Å². The Balaban J connectivity index is 1.48. The van der Waals surface area contributed by atoms with Crippen LogP contribution in [0.5, 0.6) is 0 Å². The van der Waals surface area contributed by atoms with Crippen LogP contribution in [-0.4, -0.2) is 16.8 Å². The van der Waals surface area contributed by atoms with Gasteiger partial charge in [-0.25, -0.2) is 4.98 Å². The number of aromatic nitrogens is 1. The molecule has 0 saturated carbocycles. The lowest BCUT2D eigenvalue weighted by molar-refractivity contribution is 0.102. The van der Waals surface area contributed by atoms with Gasteiger partial charge in [0, 0.05) is 21.7 Å². The van der Waals surface area contributed by atoms with Crippen molar-refractivity contribution in [3.05, 3.63) is 125 Å². The Morgan fingerprint density at radius 2 is 1.39 bits per heavy atom. The second-order valence-electron chi connectivity index (χ2n) is 8.40. The fourth-order valence-electron chi connectivity index (χ4n) is 3.95. The van der Waals surface area contributed by atoms with Crippen molar-refractivity contribution < 1.29 is 9.59 Å². The van der Waals surface area contributed by atoms with Crippen molar-refractivity contribution in [2.75, 3.05) is 10.6 Å². The van der Waals surface area contributed by atoms with Gasteiger partial charge in [-0.1, -0.05) is 71.8 Å². The molecule has 5 nitrogen and oxygen atoms in total. The maximum absolute atomic E-state index is 13.6. The number of pyridine rings is 1.